The summed E-state index contributed by atoms with van der Waals surface area (Å²) in [6, 6.07) is 3.48. The number of hydrogen-bond donors (Lipinski definition) is 1. The second kappa shape index (κ2) is 10.5. The van der Waals surface area contributed by atoms with Gasteiger partial charge in [0.25, 0.3) is 5.91 Å². The highest BCUT2D eigenvalue weighted by Gasteiger charge is 2.43. The third kappa shape index (κ3) is 6.75. The number of carbonyl (C=O) groups is 2. The summed E-state index contributed by atoms with van der Waals surface area (Å²) in [6.07, 6.45) is -0.928. The van der Waals surface area contributed by atoms with E-state index in [9.17, 15) is 31.2 Å². The van der Waals surface area contributed by atoms with Crippen LogP contribution in [0.25, 0.3) is 0 Å². The minimum Gasteiger partial charge on any atom is -0.340 e. The van der Waals surface area contributed by atoms with Gasteiger partial charge in [0.15, 0.2) is 0 Å². The third-order valence-corrected chi connectivity index (χ3v) is 8.25. The second-order valence-electron chi connectivity index (χ2n) is 10.1. The molecule has 196 valence electrons. The van der Waals surface area contributed by atoms with Gasteiger partial charge in [0.1, 0.15) is 15.9 Å². The molecule has 0 aromatic heterocycles. The smallest absolute Gasteiger partial charge is 0.340 e. The Morgan fingerprint density at radius 1 is 1.23 bits per heavy atom. The number of carbonyl (C=O) groups excluding carboxylic acids is 2. The highest BCUT2D eigenvalue weighted by Crippen LogP contribution is 2.35. The minimum absolute atomic E-state index is 0.0227. The van der Waals surface area contributed by atoms with Gasteiger partial charge in [0, 0.05) is 36.5 Å². The van der Waals surface area contributed by atoms with E-state index in [-0.39, 0.29) is 35.2 Å². The lowest BCUT2D eigenvalue weighted by molar-refractivity contribution is -0.137. The lowest BCUT2D eigenvalue weighted by atomic mass is 9.81. The Bertz CT molecular complexity index is 1040. The standard InChI is InChI=1S/C24H34F3N3O4S/c1-15(2)29(3)19-8-9-21(17(13-19)14-35(4,33)34)30-11-10-20(23(30)32)28-22(31)16-6-5-7-18(12-16)24(25,26)27/h5-7,12,15,17,19-21H,8-11,13-14H2,1-4H3,(H,28,31)/t17-,19-,20+,21+/m1/s1. The first-order chi connectivity index (χ1) is 16.2. The zero-order valence-electron chi connectivity index (χ0n) is 20.5. The average Bonchev–Trinajstić information content (AvgIpc) is 3.11. The van der Waals surface area contributed by atoms with Crippen molar-refractivity contribution < 1.29 is 31.2 Å². The van der Waals surface area contributed by atoms with E-state index in [1.807, 2.05) is 7.05 Å². The fourth-order valence-electron chi connectivity index (χ4n) is 5.24. The summed E-state index contributed by atoms with van der Waals surface area (Å²) in [6.45, 7) is 4.53. The van der Waals surface area contributed by atoms with Crippen molar-refractivity contribution in [3.63, 3.8) is 0 Å². The minimum atomic E-state index is -4.58. The molecule has 1 saturated carbocycles. The summed E-state index contributed by atoms with van der Waals surface area (Å²) < 4.78 is 63.3. The van der Waals surface area contributed by atoms with Crippen molar-refractivity contribution in [2.75, 3.05) is 25.6 Å². The van der Waals surface area contributed by atoms with E-state index < -0.39 is 33.5 Å². The number of benzene rings is 1. The van der Waals surface area contributed by atoms with Gasteiger partial charge in [-0.15, -0.1) is 0 Å². The predicted octanol–water partition coefficient (Wildman–Crippen LogP) is 2.96. The van der Waals surface area contributed by atoms with Crippen molar-refractivity contribution in [1.82, 2.24) is 15.1 Å². The third-order valence-electron chi connectivity index (χ3n) is 7.22. The van der Waals surface area contributed by atoms with Crippen LogP contribution in [0.2, 0.25) is 0 Å². The number of nitrogens with one attached hydrogen (secondary N) is 1. The van der Waals surface area contributed by atoms with Crippen LogP contribution < -0.4 is 5.32 Å². The van der Waals surface area contributed by atoms with Crippen molar-refractivity contribution in [3.05, 3.63) is 35.4 Å². The van der Waals surface area contributed by atoms with Crippen LogP contribution in [0.1, 0.15) is 55.5 Å². The molecule has 2 fully saturated rings. The molecule has 1 N–H and O–H groups in total. The van der Waals surface area contributed by atoms with E-state index in [4.69, 9.17) is 0 Å². The van der Waals surface area contributed by atoms with Gasteiger partial charge in [0.05, 0.1) is 11.3 Å². The largest absolute Gasteiger partial charge is 0.416 e. The van der Waals surface area contributed by atoms with Crippen LogP contribution in [0.4, 0.5) is 13.2 Å². The quantitative estimate of drug-likeness (QED) is 0.601. The summed E-state index contributed by atoms with van der Waals surface area (Å²) in [5.41, 5.74) is -1.10. The molecule has 7 nitrogen and oxygen atoms in total. The van der Waals surface area contributed by atoms with Crippen LogP contribution in [-0.2, 0) is 20.8 Å². The van der Waals surface area contributed by atoms with Gasteiger partial charge in [-0.2, -0.15) is 13.2 Å². The van der Waals surface area contributed by atoms with Gasteiger partial charge < -0.3 is 15.1 Å². The zero-order chi connectivity index (χ0) is 26.1. The molecule has 0 spiro atoms. The maximum absolute atomic E-state index is 13.2. The van der Waals surface area contributed by atoms with Gasteiger partial charge in [0.2, 0.25) is 5.91 Å². The molecule has 35 heavy (non-hydrogen) atoms. The first-order valence-electron chi connectivity index (χ1n) is 11.9. The Morgan fingerprint density at radius 2 is 1.91 bits per heavy atom. The molecule has 3 rings (SSSR count). The molecule has 11 heteroatoms. The van der Waals surface area contributed by atoms with E-state index in [2.05, 4.69) is 24.1 Å². The van der Waals surface area contributed by atoms with Crippen molar-refractivity contribution in [1.29, 1.82) is 0 Å². The fraction of sp³-hybridized carbons (Fsp3) is 0.667. The predicted molar refractivity (Wildman–Crippen MR) is 127 cm³/mol. The van der Waals surface area contributed by atoms with Crippen LogP contribution >= 0.6 is 0 Å². The normalized spacial score (nSPS) is 26.0. The number of halogens is 3. The molecule has 2 amide bonds. The second-order valence-corrected chi connectivity index (χ2v) is 12.3. The SMILES string of the molecule is CC(C)N(C)[C@@H]1CC[C@H](N2CC[C@H](NC(=O)c3cccc(C(F)(F)F)c3)C2=O)[C@@H](CS(C)(=O)=O)C1. The van der Waals surface area contributed by atoms with Crippen LogP contribution in [0.3, 0.4) is 0 Å². The van der Waals surface area contributed by atoms with E-state index in [0.29, 0.717) is 31.8 Å². The summed E-state index contributed by atoms with van der Waals surface area (Å²) >= 11 is 0. The molecular formula is C24H34F3N3O4S. The topological polar surface area (TPSA) is 86.8 Å². The molecule has 1 aliphatic heterocycles. The van der Waals surface area contributed by atoms with Gasteiger partial charge in [-0.1, -0.05) is 6.07 Å². The van der Waals surface area contributed by atoms with Crippen LogP contribution in [0.15, 0.2) is 24.3 Å². The molecule has 1 aromatic carbocycles. The summed E-state index contributed by atoms with van der Waals surface area (Å²) in [4.78, 5) is 29.7. The average molecular weight is 518 g/mol. The number of rotatable bonds is 7. The maximum atomic E-state index is 13.2. The van der Waals surface area contributed by atoms with Gasteiger partial charge in [-0.3, -0.25) is 9.59 Å². The van der Waals surface area contributed by atoms with Crippen molar-refractivity contribution in [3.8, 4) is 0 Å². The Hall–Kier alpha value is -2.14. The molecule has 1 aliphatic carbocycles. The number of likely N-dealkylation sites (tertiary alicyclic amines) is 1. The van der Waals surface area contributed by atoms with Crippen molar-refractivity contribution in [2.45, 2.75) is 69.9 Å². The van der Waals surface area contributed by atoms with Gasteiger partial charge in [-0.25, -0.2) is 8.42 Å². The van der Waals surface area contributed by atoms with Crippen LogP contribution in [0.5, 0.6) is 0 Å². The summed E-state index contributed by atoms with van der Waals surface area (Å²) in [7, 11) is -1.25. The number of sulfone groups is 1. The molecular weight excluding hydrogens is 483 g/mol. The Kier molecular flexibility index (Phi) is 8.20. The van der Waals surface area contributed by atoms with E-state index in [0.717, 1.165) is 24.6 Å². The van der Waals surface area contributed by atoms with Crippen LogP contribution in [-0.4, -0.2) is 79.8 Å². The first-order valence-corrected chi connectivity index (χ1v) is 13.9. The molecule has 4 atom stereocenters. The summed E-state index contributed by atoms with van der Waals surface area (Å²) in [5, 5.41) is 2.57. The zero-order valence-corrected chi connectivity index (χ0v) is 21.3. The number of alkyl halides is 3. The number of hydrogen-bond acceptors (Lipinski definition) is 5. The number of amides is 2. The molecule has 1 saturated heterocycles. The lowest BCUT2D eigenvalue weighted by Crippen LogP contribution is -2.53. The van der Waals surface area contributed by atoms with E-state index >= 15 is 0 Å². The molecule has 0 bridgehead atoms. The van der Waals surface area contributed by atoms with E-state index in [1.54, 1.807) is 4.90 Å². The molecule has 0 unspecified atom stereocenters. The Balaban J connectivity index is 1.72. The molecule has 1 aromatic rings. The molecule has 1 heterocycles. The van der Waals surface area contributed by atoms with Crippen molar-refractivity contribution in [2.24, 2.45) is 5.92 Å². The molecule has 0 radical (unpaired) electrons. The fourth-order valence-corrected chi connectivity index (χ4v) is 6.37. The highest BCUT2D eigenvalue weighted by molar-refractivity contribution is 7.90. The maximum Gasteiger partial charge on any atom is 0.416 e. The lowest BCUT2D eigenvalue weighted by Gasteiger charge is -2.44. The van der Waals surface area contributed by atoms with Gasteiger partial charge >= 0.3 is 6.18 Å². The van der Waals surface area contributed by atoms with Crippen molar-refractivity contribution >= 4 is 21.7 Å². The number of nitrogens with zero attached hydrogens (tertiary/aromatic N) is 2. The van der Waals surface area contributed by atoms with E-state index in [1.165, 1.54) is 12.3 Å². The van der Waals surface area contributed by atoms with Crippen LogP contribution in [0, 0.1) is 5.92 Å². The van der Waals surface area contributed by atoms with Gasteiger partial charge in [-0.05, 0) is 70.7 Å². The Morgan fingerprint density at radius 3 is 2.51 bits per heavy atom. The highest BCUT2D eigenvalue weighted by atomic mass is 32.2. The summed E-state index contributed by atoms with van der Waals surface area (Å²) in [5.74, 6) is -1.31. The Labute approximate surface area is 205 Å². The first kappa shape index (κ1) is 27.4. The molecule has 2 aliphatic rings. The monoisotopic (exact) mass is 517 g/mol.